The van der Waals surface area contributed by atoms with Crippen molar-refractivity contribution in [2.45, 2.75) is 25.8 Å². The fourth-order valence-electron chi connectivity index (χ4n) is 5.61. The SMILES string of the molecule is C=C(C)N1CCN(c2ccc(Oc3nc4c(c(N5CC[C@H](N)C5)n3)-c3cc(F)cc(NC)c3C4)cn2)CC1. The number of rotatable bonds is 6. The maximum atomic E-state index is 14.5. The lowest BCUT2D eigenvalue weighted by molar-refractivity contribution is 0.322. The molecule has 3 aromatic rings. The van der Waals surface area contributed by atoms with Gasteiger partial charge in [0.2, 0.25) is 0 Å². The first-order chi connectivity index (χ1) is 18.4. The number of nitrogens with zero attached hydrogens (tertiary/aromatic N) is 6. The molecule has 2 aliphatic heterocycles. The molecule has 1 aliphatic carbocycles. The number of hydrogen-bond donors (Lipinski definition) is 2. The first-order valence-corrected chi connectivity index (χ1v) is 13.1. The minimum Gasteiger partial charge on any atom is -0.423 e. The molecular formula is C28H33FN8O. The van der Waals surface area contributed by atoms with Crippen molar-refractivity contribution in [1.29, 1.82) is 0 Å². The number of benzene rings is 1. The number of anilines is 3. The first-order valence-electron chi connectivity index (χ1n) is 13.1. The Bertz CT molecular complexity index is 1370. The standard InChI is InChI=1S/C28H33FN8O/c1-17(2)35-8-10-36(11-9-35)25-5-4-20(15-32-25)38-28-33-24-14-21-22(12-18(29)13-23(21)31-3)26(24)27(34-28)37-7-6-19(30)16-37/h4-5,12-13,15,19,31H,1,6-11,14,16,30H2,2-3H3/t19-/m0/s1. The third-order valence-corrected chi connectivity index (χ3v) is 7.64. The zero-order valence-corrected chi connectivity index (χ0v) is 21.9. The second-order valence-electron chi connectivity index (χ2n) is 10.2. The van der Waals surface area contributed by atoms with E-state index in [0.717, 1.165) is 84.5 Å². The van der Waals surface area contributed by atoms with E-state index in [1.54, 1.807) is 19.3 Å². The minimum atomic E-state index is -0.294. The second kappa shape index (κ2) is 9.75. The fourth-order valence-corrected chi connectivity index (χ4v) is 5.61. The Balaban J connectivity index is 1.28. The number of halogens is 1. The van der Waals surface area contributed by atoms with Crippen LogP contribution in [0.1, 0.15) is 24.6 Å². The number of fused-ring (bicyclic) bond motifs is 3. The molecule has 10 heteroatoms. The van der Waals surface area contributed by atoms with E-state index >= 15 is 0 Å². The Hall–Kier alpha value is -3.92. The van der Waals surface area contributed by atoms with Crippen LogP contribution in [0, 0.1) is 5.82 Å². The quantitative estimate of drug-likeness (QED) is 0.398. The molecule has 38 heavy (non-hydrogen) atoms. The van der Waals surface area contributed by atoms with E-state index in [9.17, 15) is 4.39 Å². The number of ether oxygens (including phenoxy) is 1. The number of nitrogens with two attached hydrogens (primary N) is 1. The van der Waals surface area contributed by atoms with Crippen molar-refractivity contribution in [1.82, 2.24) is 19.9 Å². The van der Waals surface area contributed by atoms with Crippen LogP contribution in [-0.4, -0.2) is 72.2 Å². The van der Waals surface area contributed by atoms with E-state index in [-0.39, 0.29) is 17.9 Å². The molecule has 0 unspecified atom stereocenters. The summed E-state index contributed by atoms with van der Waals surface area (Å²) in [5.41, 5.74) is 11.6. The summed E-state index contributed by atoms with van der Waals surface area (Å²) in [4.78, 5) is 20.9. The topological polar surface area (TPSA) is 95.7 Å². The highest BCUT2D eigenvalue weighted by Gasteiger charge is 2.32. The van der Waals surface area contributed by atoms with Gasteiger partial charge in [-0.3, -0.25) is 0 Å². The molecule has 0 bridgehead atoms. The normalized spacial score (nSPS) is 18.4. The minimum absolute atomic E-state index is 0.0697. The Kier molecular flexibility index (Phi) is 6.27. The van der Waals surface area contributed by atoms with Gasteiger partial charge in [0.1, 0.15) is 23.2 Å². The smallest absolute Gasteiger partial charge is 0.324 e. The van der Waals surface area contributed by atoms with Crippen molar-refractivity contribution in [2.24, 2.45) is 5.73 Å². The van der Waals surface area contributed by atoms with Crippen LogP contribution >= 0.6 is 0 Å². The third kappa shape index (κ3) is 4.49. The van der Waals surface area contributed by atoms with Gasteiger partial charge in [-0.15, -0.1) is 0 Å². The van der Waals surface area contributed by atoms with Crippen molar-refractivity contribution in [2.75, 3.05) is 61.4 Å². The highest BCUT2D eigenvalue weighted by Crippen LogP contribution is 2.46. The summed E-state index contributed by atoms with van der Waals surface area (Å²) in [6.07, 6.45) is 3.16. The zero-order valence-electron chi connectivity index (χ0n) is 21.9. The van der Waals surface area contributed by atoms with Crippen LogP contribution in [0.3, 0.4) is 0 Å². The Labute approximate surface area is 222 Å². The van der Waals surface area contributed by atoms with Gasteiger partial charge in [0, 0.05) is 75.7 Å². The summed E-state index contributed by atoms with van der Waals surface area (Å²) < 4.78 is 20.6. The molecule has 3 N–H and O–H groups in total. The van der Waals surface area contributed by atoms with E-state index in [4.69, 9.17) is 20.4 Å². The number of hydrogen-bond acceptors (Lipinski definition) is 9. The van der Waals surface area contributed by atoms with Crippen molar-refractivity contribution in [3.8, 4) is 22.9 Å². The summed E-state index contributed by atoms with van der Waals surface area (Å²) in [5.74, 6) is 1.93. The van der Waals surface area contributed by atoms with Crippen molar-refractivity contribution >= 4 is 17.3 Å². The molecular weight excluding hydrogens is 483 g/mol. The van der Waals surface area contributed by atoms with Gasteiger partial charge in [-0.25, -0.2) is 9.37 Å². The lowest BCUT2D eigenvalue weighted by Gasteiger charge is -2.36. The van der Waals surface area contributed by atoms with Crippen LogP contribution < -0.4 is 25.6 Å². The molecule has 1 aromatic carbocycles. The fraction of sp³-hybridized carbons (Fsp3) is 0.393. The van der Waals surface area contributed by atoms with Crippen LogP contribution in [0.2, 0.25) is 0 Å². The van der Waals surface area contributed by atoms with Crippen LogP contribution in [-0.2, 0) is 6.42 Å². The molecule has 2 fully saturated rings. The summed E-state index contributed by atoms with van der Waals surface area (Å²) in [6.45, 7) is 11.2. The zero-order chi connectivity index (χ0) is 26.4. The molecule has 4 heterocycles. The summed E-state index contributed by atoms with van der Waals surface area (Å²) in [7, 11) is 1.80. The molecule has 2 aromatic heterocycles. The van der Waals surface area contributed by atoms with E-state index in [2.05, 4.69) is 31.6 Å². The van der Waals surface area contributed by atoms with Gasteiger partial charge in [0.15, 0.2) is 0 Å². The molecule has 0 amide bonds. The maximum Gasteiger partial charge on any atom is 0.324 e. The van der Waals surface area contributed by atoms with Gasteiger partial charge < -0.3 is 30.5 Å². The van der Waals surface area contributed by atoms with E-state index in [0.29, 0.717) is 18.7 Å². The van der Waals surface area contributed by atoms with Crippen LogP contribution in [0.5, 0.6) is 11.8 Å². The molecule has 1 atom stereocenters. The predicted octanol–water partition coefficient (Wildman–Crippen LogP) is 3.61. The van der Waals surface area contributed by atoms with Crippen LogP contribution in [0.15, 0.2) is 42.7 Å². The number of aromatic nitrogens is 3. The van der Waals surface area contributed by atoms with E-state index in [1.807, 2.05) is 19.1 Å². The monoisotopic (exact) mass is 516 g/mol. The average Bonchev–Trinajstić information content (AvgIpc) is 3.51. The molecule has 0 spiro atoms. The Morgan fingerprint density at radius 1 is 1.13 bits per heavy atom. The van der Waals surface area contributed by atoms with Gasteiger partial charge in [0.05, 0.1) is 11.9 Å². The van der Waals surface area contributed by atoms with Crippen molar-refractivity contribution in [3.63, 3.8) is 0 Å². The molecule has 2 saturated heterocycles. The number of nitrogens with one attached hydrogen (secondary N) is 1. The molecule has 0 radical (unpaired) electrons. The van der Waals surface area contributed by atoms with Gasteiger partial charge >= 0.3 is 6.01 Å². The van der Waals surface area contributed by atoms with Crippen molar-refractivity contribution in [3.05, 3.63) is 59.8 Å². The first kappa shape index (κ1) is 24.4. The third-order valence-electron chi connectivity index (χ3n) is 7.64. The summed E-state index contributed by atoms with van der Waals surface area (Å²) >= 11 is 0. The predicted molar refractivity (Wildman–Crippen MR) is 147 cm³/mol. The van der Waals surface area contributed by atoms with Crippen molar-refractivity contribution < 1.29 is 9.13 Å². The average molecular weight is 517 g/mol. The second-order valence-corrected chi connectivity index (χ2v) is 10.2. The highest BCUT2D eigenvalue weighted by atomic mass is 19.1. The molecule has 9 nitrogen and oxygen atoms in total. The number of pyridine rings is 1. The van der Waals surface area contributed by atoms with Gasteiger partial charge in [-0.05, 0) is 48.7 Å². The van der Waals surface area contributed by atoms with Gasteiger partial charge in [0.25, 0.3) is 0 Å². The number of piperazine rings is 1. The van der Waals surface area contributed by atoms with Crippen LogP contribution in [0.25, 0.3) is 11.1 Å². The Morgan fingerprint density at radius 3 is 2.61 bits per heavy atom. The summed E-state index contributed by atoms with van der Waals surface area (Å²) in [6, 6.07) is 7.29. The largest absolute Gasteiger partial charge is 0.423 e. The van der Waals surface area contributed by atoms with Gasteiger partial charge in [-0.1, -0.05) is 6.58 Å². The Morgan fingerprint density at radius 2 is 1.95 bits per heavy atom. The molecule has 6 rings (SSSR count). The molecule has 0 saturated carbocycles. The lowest BCUT2D eigenvalue weighted by atomic mass is 10.0. The lowest BCUT2D eigenvalue weighted by Crippen LogP contribution is -2.45. The van der Waals surface area contributed by atoms with E-state index < -0.39 is 0 Å². The van der Waals surface area contributed by atoms with Crippen LogP contribution in [0.4, 0.5) is 21.7 Å². The van der Waals surface area contributed by atoms with E-state index in [1.165, 1.54) is 6.07 Å². The van der Waals surface area contributed by atoms with Gasteiger partial charge in [-0.2, -0.15) is 9.97 Å². The maximum absolute atomic E-state index is 14.5. The summed E-state index contributed by atoms with van der Waals surface area (Å²) in [5, 5.41) is 3.12. The highest BCUT2D eigenvalue weighted by molar-refractivity contribution is 5.88. The number of allylic oxidation sites excluding steroid dienone is 1. The molecule has 198 valence electrons. The molecule has 3 aliphatic rings.